The summed E-state index contributed by atoms with van der Waals surface area (Å²) in [5.41, 5.74) is 1.40. The molecule has 0 bridgehead atoms. The van der Waals surface area contributed by atoms with Gasteiger partial charge in [0.1, 0.15) is 5.82 Å². The number of hydrogen-bond donors (Lipinski definition) is 2. The molecule has 0 saturated heterocycles. The molecule has 0 saturated carbocycles. The second kappa shape index (κ2) is 6.68. The quantitative estimate of drug-likeness (QED) is 0.815. The third-order valence-electron chi connectivity index (χ3n) is 2.84. The Morgan fingerprint density at radius 2 is 1.80 bits per heavy atom. The van der Waals surface area contributed by atoms with Gasteiger partial charge in [0.05, 0.1) is 11.7 Å². The number of hydrogen-bond acceptors (Lipinski definition) is 1. The minimum atomic E-state index is -0.337. The van der Waals surface area contributed by atoms with Crippen molar-refractivity contribution in [3.63, 3.8) is 0 Å². The van der Waals surface area contributed by atoms with Gasteiger partial charge >= 0.3 is 0 Å². The van der Waals surface area contributed by atoms with Crippen LogP contribution in [0.4, 0.5) is 10.1 Å². The van der Waals surface area contributed by atoms with Crippen LogP contribution in [0, 0.1) is 5.82 Å². The minimum absolute atomic E-state index is 0.000889. The summed E-state index contributed by atoms with van der Waals surface area (Å²) in [5, 5.41) is 7.00. The zero-order chi connectivity index (χ0) is 14.5. The van der Waals surface area contributed by atoms with Crippen molar-refractivity contribution in [2.45, 2.75) is 13.0 Å². The van der Waals surface area contributed by atoms with Crippen LogP contribution in [-0.4, -0.2) is 5.11 Å². The summed E-state index contributed by atoms with van der Waals surface area (Å²) in [5.74, 6) is -0.337. The number of rotatable bonds is 3. The number of para-hydroxylation sites is 1. The molecule has 2 aromatic carbocycles. The van der Waals surface area contributed by atoms with Crippen molar-refractivity contribution in [1.29, 1.82) is 0 Å². The van der Waals surface area contributed by atoms with Gasteiger partial charge in [0, 0.05) is 5.02 Å². The van der Waals surface area contributed by atoms with E-state index in [1.54, 1.807) is 18.2 Å². The largest absolute Gasteiger partial charge is 0.356 e. The van der Waals surface area contributed by atoms with E-state index in [2.05, 4.69) is 10.6 Å². The predicted molar refractivity (Wildman–Crippen MR) is 85.6 cm³/mol. The molecule has 0 aromatic heterocycles. The first-order valence-electron chi connectivity index (χ1n) is 6.14. The molecule has 1 atom stereocenters. The van der Waals surface area contributed by atoms with Gasteiger partial charge in [0.2, 0.25) is 0 Å². The zero-order valence-electron chi connectivity index (χ0n) is 10.9. The van der Waals surface area contributed by atoms with Gasteiger partial charge in [-0.15, -0.1) is 0 Å². The molecule has 0 aliphatic heterocycles. The molecule has 20 heavy (non-hydrogen) atoms. The molecule has 0 spiro atoms. The zero-order valence-corrected chi connectivity index (χ0v) is 12.4. The molecule has 0 aliphatic carbocycles. The normalized spacial score (nSPS) is 11.8. The molecule has 104 valence electrons. The fourth-order valence-corrected chi connectivity index (χ4v) is 2.17. The third kappa shape index (κ3) is 3.92. The first kappa shape index (κ1) is 14.8. The number of thiocarbonyl (C=S) groups is 1. The highest BCUT2D eigenvalue weighted by atomic mass is 35.5. The van der Waals surface area contributed by atoms with Crippen LogP contribution in [0.3, 0.4) is 0 Å². The van der Waals surface area contributed by atoms with Gasteiger partial charge in [-0.2, -0.15) is 0 Å². The SMILES string of the molecule is C[C@H](NC(=S)Nc1ccccc1F)c1ccc(Cl)cc1. The smallest absolute Gasteiger partial charge is 0.171 e. The maximum atomic E-state index is 13.5. The molecule has 0 radical (unpaired) electrons. The summed E-state index contributed by atoms with van der Waals surface area (Å²) in [6.45, 7) is 1.97. The molecule has 2 aromatic rings. The van der Waals surface area contributed by atoms with Crippen molar-refractivity contribution < 1.29 is 4.39 Å². The molecule has 5 heteroatoms. The van der Waals surface area contributed by atoms with E-state index in [4.69, 9.17) is 23.8 Å². The first-order valence-corrected chi connectivity index (χ1v) is 6.92. The van der Waals surface area contributed by atoms with E-state index in [9.17, 15) is 4.39 Å². The van der Waals surface area contributed by atoms with Crippen LogP contribution in [0.15, 0.2) is 48.5 Å². The van der Waals surface area contributed by atoms with Gasteiger partial charge < -0.3 is 10.6 Å². The van der Waals surface area contributed by atoms with Crippen molar-refractivity contribution in [2.75, 3.05) is 5.32 Å². The van der Waals surface area contributed by atoms with Crippen LogP contribution in [0.5, 0.6) is 0 Å². The van der Waals surface area contributed by atoms with E-state index in [0.717, 1.165) is 5.56 Å². The molecule has 2 N–H and O–H groups in total. The predicted octanol–water partition coefficient (Wildman–Crippen LogP) is 4.53. The molecule has 0 aliphatic rings. The van der Waals surface area contributed by atoms with Crippen LogP contribution in [0.25, 0.3) is 0 Å². The van der Waals surface area contributed by atoms with Gasteiger partial charge in [0.15, 0.2) is 5.11 Å². The molecular weight excluding hydrogens is 295 g/mol. The Labute approximate surface area is 128 Å². The summed E-state index contributed by atoms with van der Waals surface area (Å²) in [6.07, 6.45) is 0. The molecule has 0 amide bonds. The van der Waals surface area contributed by atoms with E-state index >= 15 is 0 Å². The summed E-state index contributed by atoms with van der Waals surface area (Å²) in [6, 6.07) is 13.9. The monoisotopic (exact) mass is 308 g/mol. The summed E-state index contributed by atoms with van der Waals surface area (Å²) in [7, 11) is 0. The highest BCUT2D eigenvalue weighted by Gasteiger charge is 2.08. The van der Waals surface area contributed by atoms with Crippen LogP contribution < -0.4 is 10.6 Å². The third-order valence-corrected chi connectivity index (χ3v) is 3.31. The topological polar surface area (TPSA) is 24.1 Å². The number of nitrogens with one attached hydrogen (secondary N) is 2. The first-order chi connectivity index (χ1) is 9.56. The van der Waals surface area contributed by atoms with Crippen LogP contribution in [0.2, 0.25) is 5.02 Å². The van der Waals surface area contributed by atoms with E-state index in [0.29, 0.717) is 15.8 Å². The fraction of sp³-hybridized carbons (Fsp3) is 0.133. The van der Waals surface area contributed by atoms with E-state index in [-0.39, 0.29) is 11.9 Å². The highest BCUT2D eigenvalue weighted by molar-refractivity contribution is 7.80. The van der Waals surface area contributed by atoms with Gasteiger partial charge in [0.25, 0.3) is 0 Å². The van der Waals surface area contributed by atoms with Gasteiger partial charge in [-0.05, 0) is 49.0 Å². The molecular formula is C15H14ClFN2S. The Morgan fingerprint density at radius 1 is 1.15 bits per heavy atom. The lowest BCUT2D eigenvalue weighted by Crippen LogP contribution is -2.31. The Hall–Kier alpha value is -1.65. The lowest BCUT2D eigenvalue weighted by molar-refractivity contribution is 0.631. The maximum Gasteiger partial charge on any atom is 0.171 e. The number of benzene rings is 2. The fourth-order valence-electron chi connectivity index (χ4n) is 1.75. The average Bonchev–Trinajstić information content (AvgIpc) is 2.42. The summed E-state index contributed by atoms with van der Waals surface area (Å²) in [4.78, 5) is 0. The lowest BCUT2D eigenvalue weighted by Gasteiger charge is -2.17. The van der Waals surface area contributed by atoms with Crippen molar-refractivity contribution in [3.8, 4) is 0 Å². The molecule has 0 fully saturated rings. The number of halogens is 2. The van der Waals surface area contributed by atoms with Crippen molar-refractivity contribution >= 4 is 34.6 Å². The standard InChI is InChI=1S/C15H14ClFN2S/c1-10(11-6-8-12(16)9-7-11)18-15(20)19-14-5-3-2-4-13(14)17/h2-10H,1H3,(H2,18,19,20)/t10-/m0/s1. The minimum Gasteiger partial charge on any atom is -0.356 e. The van der Waals surface area contributed by atoms with E-state index < -0.39 is 0 Å². The Balaban J connectivity index is 1.98. The summed E-state index contributed by atoms with van der Waals surface area (Å²) < 4.78 is 13.5. The van der Waals surface area contributed by atoms with Crippen LogP contribution in [-0.2, 0) is 0 Å². The van der Waals surface area contributed by atoms with Crippen molar-refractivity contribution in [2.24, 2.45) is 0 Å². The van der Waals surface area contributed by atoms with Crippen molar-refractivity contribution in [3.05, 3.63) is 64.9 Å². The molecule has 0 heterocycles. The van der Waals surface area contributed by atoms with E-state index in [1.165, 1.54) is 6.07 Å². The molecule has 0 unspecified atom stereocenters. The van der Waals surface area contributed by atoms with Gasteiger partial charge in [-0.25, -0.2) is 4.39 Å². The summed E-state index contributed by atoms with van der Waals surface area (Å²) >= 11 is 11.0. The lowest BCUT2D eigenvalue weighted by atomic mass is 10.1. The van der Waals surface area contributed by atoms with E-state index in [1.807, 2.05) is 31.2 Å². The van der Waals surface area contributed by atoms with Crippen molar-refractivity contribution in [1.82, 2.24) is 5.32 Å². The second-order valence-electron chi connectivity index (χ2n) is 4.35. The molecule has 2 nitrogen and oxygen atoms in total. The Kier molecular flexibility index (Phi) is 4.93. The van der Waals surface area contributed by atoms with Crippen LogP contribution in [0.1, 0.15) is 18.5 Å². The Bertz CT molecular complexity index is 601. The number of anilines is 1. The second-order valence-corrected chi connectivity index (χ2v) is 5.20. The maximum absolute atomic E-state index is 13.5. The average molecular weight is 309 g/mol. The highest BCUT2D eigenvalue weighted by Crippen LogP contribution is 2.17. The molecule has 2 rings (SSSR count). The van der Waals surface area contributed by atoms with Gasteiger partial charge in [-0.1, -0.05) is 35.9 Å². The Morgan fingerprint density at radius 3 is 2.45 bits per heavy atom. The van der Waals surface area contributed by atoms with Gasteiger partial charge in [-0.3, -0.25) is 0 Å². The van der Waals surface area contributed by atoms with Crippen LogP contribution >= 0.6 is 23.8 Å².